The predicted molar refractivity (Wildman–Crippen MR) is 98.7 cm³/mol. The van der Waals surface area contributed by atoms with Crippen molar-refractivity contribution in [1.82, 2.24) is 5.32 Å². The third-order valence-electron chi connectivity index (χ3n) is 3.10. The summed E-state index contributed by atoms with van der Waals surface area (Å²) in [5, 5.41) is 12.6. The van der Waals surface area contributed by atoms with Gasteiger partial charge in [-0.2, -0.15) is 0 Å². The van der Waals surface area contributed by atoms with Crippen LogP contribution < -0.4 is 10.7 Å². The molecule has 0 saturated carbocycles. The van der Waals surface area contributed by atoms with E-state index in [9.17, 15) is 14.7 Å². The number of carbonyl (C=O) groups excluding carboxylic acids is 1. The SMILES string of the molecule is CC(C)(O)C#Cc1ccc2oc(CNC(=O)OC(C)(C)C)cc(=O)c2c1. The molecular weight excluding hydrogens is 334 g/mol. The average molecular weight is 357 g/mol. The van der Waals surface area contributed by atoms with Gasteiger partial charge >= 0.3 is 6.09 Å². The van der Waals surface area contributed by atoms with Gasteiger partial charge in [0, 0.05) is 11.6 Å². The van der Waals surface area contributed by atoms with Crippen molar-refractivity contribution in [3.8, 4) is 11.8 Å². The van der Waals surface area contributed by atoms with E-state index in [4.69, 9.17) is 9.15 Å². The second-order valence-electron chi connectivity index (χ2n) is 7.45. The van der Waals surface area contributed by atoms with Crippen LogP contribution in [0.2, 0.25) is 0 Å². The minimum atomic E-state index is -1.11. The van der Waals surface area contributed by atoms with Crippen LogP contribution in [0.4, 0.5) is 4.79 Å². The van der Waals surface area contributed by atoms with Crippen molar-refractivity contribution in [3.05, 3.63) is 45.8 Å². The van der Waals surface area contributed by atoms with Crippen molar-refractivity contribution in [2.45, 2.75) is 52.4 Å². The average Bonchev–Trinajstić information content (AvgIpc) is 2.49. The number of benzene rings is 1. The lowest BCUT2D eigenvalue weighted by Crippen LogP contribution is -2.32. The van der Waals surface area contributed by atoms with E-state index < -0.39 is 17.3 Å². The lowest BCUT2D eigenvalue weighted by Gasteiger charge is -2.19. The number of amides is 1. The van der Waals surface area contributed by atoms with Gasteiger partial charge in [-0.25, -0.2) is 4.79 Å². The summed E-state index contributed by atoms with van der Waals surface area (Å²) in [5.74, 6) is 5.85. The quantitative estimate of drug-likeness (QED) is 0.807. The maximum atomic E-state index is 12.3. The Morgan fingerprint density at radius 1 is 1.23 bits per heavy atom. The molecule has 1 heterocycles. The molecule has 1 aromatic heterocycles. The number of hydrogen-bond donors (Lipinski definition) is 2. The van der Waals surface area contributed by atoms with Gasteiger partial charge in [-0.1, -0.05) is 11.8 Å². The van der Waals surface area contributed by atoms with E-state index in [0.29, 0.717) is 22.3 Å². The van der Waals surface area contributed by atoms with Crippen LogP contribution >= 0.6 is 0 Å². The van der Waals surface area contributed by atoms with E-state index in [-0.39, 0.29) is 12.0 Å². The summed E-state index contributed by atoms with van der Waals surface area (Å²) in [4.78, 5) is 24.0. The lowest BCUT2D eigenvalue weighted by molar-refractivity contribution is 0.0520. The highest BCUT2D eigenvalue weighted by Crippen LogP contribution is 2.15. The van der Waals surface area contributed by atoms with Gasteiger partial charge in [0.1, 0.15) is 22.5 Å². The highest BCUT2D eigenvalue weighted by atomic mass is 16.6. The summed E-state index contributed by atoms with van der Waals surface area (Å²) >= 11 is 0. The summed E-state index contributed by atoms with van der Waals surface area (Å²) in [5.41, 5.74) is -0.955. The topological polar surface area (TPSA) is 88.8 Å². The Labute approximate surface area is 152 Å². The predicted octanol–water partition coefficient (Wildman–Crippen LogP) is 2.94. The Hall–Kier alpha value is -2.78. The van der Waals surface area contributed by atoms with Crippen molar-refractivity contribution in [2.24, 2.45) is 0 Å². The van der Waals surface area contributed by atoms with Gasteiger partial charge in [-0.3, -0.25) is 4.79 Å². The first-order chi connectivity index (χ1) is 11.9. The number of hydrogen-bond acceptors (Lipinski definition) is 5. The molecule has 2 rings (SSSR count). The molecule has 6 nitrogen and oxygen atoms in total. The van der Waals surface area contributed by atoms with E-state index in [2.05, 4.69) is 17.2 Å². The Morgan fingerprint density at radius 3 is 2.54 bits per heavy atom. The molecule has 0 saturated heterocycles. The molecule has 0 aliphatic carbocycles. The van der Waals surface area contributed by atoms with Gasteiger partial charge in [-0.15, -0.1) is 0 Å². The Balaban J connectivity index is 2.21. The Kier molecular flexibility index (Phi) is 5.43. The molecule has 0 bridgehead atoms. The highest BCUT2D eigenvalue weighted by Gasteiger charge is 2.16. The van der Waals surface area contributed by atoms with Crippen LogP contribution in [-0.2, 0) is 11.3 Å². The second-order valence-corrected chi connectivity index (χ2v) is 7.45. The maximum absolute atomic E-state index is 12.3. The fourth-order valence-corrected chi connectivity index (χ4v) is 2.07. The van der Waals surface area contributed by atoms with E-state index in [0.717, 1.165) is 0 Å². The number of nitrogens with one attached hydrogen (secondary N) is 1. The molecule has 1 amide bonds. The minimum absolute atomic E-state index is 0.0420. The molecule has 0 radical (unpaired) electrons. The van der Waals surface area contributed by atoms with Crippen molar-refractivity contribution < 1.29 is 19.1 Å². The normalized spacial score (nSPS) is 11.6. The van der Waals surface area contributed by atoms with Crippen LogP contribution in [0.15, 0.2) is 33.5 Å². The zero-order chi connectivity index (χ0) is 19.5. The molecule has 0 unspecified atom stereocenters. The largest absolute Gasteiger partial charge is 0.459 e. The Morgan fingerprint density at radius 2 is 1.92 bits per heavy atom. The van der Waals surface area contributed by atoms with Gasteiger partial charge in [-0.05, 0) is 52.8 Å². The van der Waals surface area contributed by atoms with E-state index in [1.165, 1.54) is 6.07 Å². The molecule has 6 heteroatoms. The van der Waals surface area contributed by atoms with Crippen LogP contribution in [-0.4, -0.2) is 22.4 Å². The minimum Gasteiger partial charge on any atom is -0.459 e. The molecule has 0 fully saturated rings. The highest BCUT2D eigenvalue weighted by molar-refractivity contribution is 5.78. The monoisotopic (exact) mass is 357 g/mol. The summed E-state index contributed by atoms with van der Waals surface area (Å²) < 4.78 is 10.8. The number of carbonyl (C=O) groups is 1. The molecule has 0 aliphatic rings. The van der Waals surface area contributed by atoms with Gasteiger partial charge < -0.3 is 19.6 Å². The van der Waals surface area contributed by atoms with Gasteiger partial charge in [0.05, 0.1) is 11.9 Å². The zero-order valence-corrected chi connectivity index (χ0v) is 15.6. The molecule has 26 heavy (non-hydrogen) atoms. The zero-order valence-electron chi connectivity index (χ0n) is 15.6. The molecule has 138 valence electrons. The number of aliphatic hydroxyl groups is 1. The summed E-state index contributed by atoms with van der Waals surface area (Å²) in [6.45, 7) is 8.50. The maximum Gasteiger partial charge on any atom is 0.408 e. The van der Waals surface area contributed by atoms with Crippen LogP contribution in [0, 0.1) is 11.8 Å². The molecule has 2 aromatic rings. The van der Waals surface area contributed by atoms with E-state index in [1.807, 2.05) is 0 Å². The first-order valence-corrected chi connectivity index (χ1v) is 8.22. The van der Waals surface area contributed by atoms with Crippen molar-refractivity contribution in [1.29, 1.82) is 0 Å². The third-order valence-corrected chi connectivity index (χ3v) is 3.10. The summed E-state index contributed by atoms with van der Waals surface area (Å²) in [6, 6.07) is 6.29. The smallest absolute Gasteiger partial charge is 0.408 e. The molecule has 0 spiro atoms. The summed E-state index contributed by atoms with van der Waals surface area (Å²) in [7, 11) is 0. The number of ether oxygens (including phenoxy) is 1. The fourth-order valence-electron chi connectivity index (χ4n) is 2.07. The fraction of sp³-hybridized carbons (Fsp3) is 0.400. The Bertz CT molecular complexity index is 933. The first kappa shape index (κ1) is 19.5. The van der Waals surface area contributed by atoms with Gasteiger partial charge in [0.2, 0.25) is 0 Å². The first-order valence-electron chi connectivity index (χ1n) is 8.22. The van der Waals surface area contributed by atoms with Crippen LogP contribution in [0.25, 0.3) is 11.0 Å². The standard InChI is InChI=1S/C20H23NO5/c1-19(2,3)26-18(23)21-12-14-11-16(22)15-10-13(6-7-17(15)25-14)8-9-20(4,5)24/h6-7,10-11,24H,12H2,1-5H3,(H,21,23). The third kappa shape index (κ3) is 5.94. The molecular formula is C20H23NO5. The van der Waals surface area contributed by atoms with Gasteiger partial charge in [0.15, 0.2) is 5.43 Å². The number of alkyl carbamates (subject to hydrolysis) is 1. The second kappa shape index (κ2) is 7.22. The number of rotatable bonds is 2. The van der Waals surface area contributed by atoms with Crippen LogP contribution in [0.1, 0.15) is 45.9 Å². The van der Waals surface area contributed by atoms with Crippen molar-refractivity contribution in [2.75, 3.05) is 0 Å². The van der Waals surface area contributed by atoms with E-state index in [1.54, 1.807) is 52.8 Å². The molecule has 1 aromatic carbocycles. The number of fused-ring (bicyclic) bond motifs is 1. The van der Waals surface area contributed by atoms with Crippen molar-refractivity contribution in [3.63, 3.8) is 0 Å². The molecule has 2 N–H and O–H groups in total. The lowest BCUT2D eigenvalue weighted by atomic mass is 10.1. The molecule has 0 atom stereocenters. The van der Waals surface area contributed by atoms with Crippen LogP contribution in [0.3, 0.4) is 0 Å². The van der Waals surface area contributed by atoms with E-state index >= 15 is 0 Å². The molecule has 0 aliphatic heterocycles. The summed E-state index contributed by atoms with van der Waals surface area (Å²) in [6.07, 6.45) is -0.586. The van der Waals surface area contributed by atoms with Crippen LogP contribution in [0.5, 0.6) is 0 Å². The van der Waals surface area contributed by atoms with Crippen molar-refractivity contribution >= 4 is 17.1 Å². The van der Waals surface area contributed by atoms with Gasteiger partial charge in [0.25, 0.3) is 0 Å².